The Morgan fingerprint density at radius 1 is 1.03 bits per heavy atom. The summed E-state index contributed by atoms with van der Waals surface area (Å²) in [5.41, 5.74) is 2.43. The van der Waals surface area contributed by atoms with Gasteiger partial charge >= 0.3 is 0 Å². The lowest BCUT2D eigenvalue weighted by atomic mass is 10.2. The van der Waals surface area contributed by atoms with E-state index in [4.69, 9.17) is 9.47 Å². The Hall–Kier alpha value is -3.61. The smallest absolute Gasteiger partial charge is 0.270 e. The summed E-state index contributed by atoms with van der Waals surface area (Å²) in [5.74, 6) is 2.42. The first-order chi connectivity index (χ1) is 14.1. The minimum atomic E-state index is -0.248. The molecule has 1 aliphatic heterocycles. The quantitative estimate of drug-likeness (QED) is 0.697. The van der Waals surface area contributed by atoms with E-state index in [2.05, 4.69) is 27.4 Å². The highest BCUT2D eigenvalue weighted by atomic mass is 16.7. The molecule has 1 aromatic heterocycles. The van der Waals surface area contributed by atoms with Crippen molar-refractivity contribution in [2.24, 2.45) is 0 Å². The number of rotatable bonds is 6. The number of hydrogen-bond acceptors (Lipinski definition) is 6. The standard InChI is InChI=1S/C22H22N4O3/c1-15-24-18(11-21(25-15)26(2)13-16-6-4-3-5-7-16)22(27)23-12-17-8-9-19-20(10-17)29-14-28-19/h3-11H,12-14H2,1-2H3,(H,23,27). The van der Waals surface area contributed by atoms with Crippen LogP contribution < -0.4 is 19.7 Å². The summed E-state index contributed by atoms with van der Waals surface area (Å²) in [4.78, 5) is 23.4. The summed E-state index contributed by atoms with van der Waals surface area (Å²) in [6, 6.07) is 17.4. The molecule has 0 aliphatic carbocycles. The Morgan fingerprint density at radius 3 is 2.66 bits per heavy atom. The highest BCUT2D eigenvalue weighted by Crippen LogP contribution is 2.32. The molecule has 7 heteroatoms. The number of hydrogen-bond donors (Lipinski definition) is 1. The molecule has 0 unspecified atom stereocenters. The summed E-state index contributed by atoms with van der Waals surface area (Å²) in [6.07, 6.45) is 0. The zero-order valence-corrected chi connectivity index (χ0v) is 16.4. The second-order valence-electron chi connectivity index (χ2n) is 6.87. The monoisotopic (exact) mass is 390 g/mol. The van der Waals surface area contributed by atoms with Gasteiger partial charge in [0, 0.05) is 26.2 Å². The molecule has 3 aromatic rings. The van der Waals surface area contributed by atoms with Crippen LogP contribution in [0.5, 0.6) is 11.5 Å². The number of carbonyl (C=O) groups is 1. The molecule has 1 N–H and O–H groups in total. The summed E-state index contributed by atoms with van der Waals surface area (Å²) >= 11 is 0. The molecule has 4 rings (SSSR count). The SMILES string of the molecule is Cc1nc(C(=O)NCc2ccc3c(c2)OCO3)cc(N(C)Cc2ccccc2)n1. The number of aryl methyl sites for hydroxylation is 1. The highest BCUT2D eigenvalue weighted by molar-refractivity contribution is 5.92. The van der Waals surface area contributed by atoms with Gasteiger partial charge in [0.1, 0.15) is 17.3 Å². The molecule has 0 fully saturated rings. The van der Waals surface area contributed by atoms with Crippen LogP contribution in [0.4, 0.5) is 5.82 Å². The van der Waals surface area contributed by atoms with E-state index in [0.29, 0.717) is 36.2 Å². The minimum absolute atomic E-state index is 0.227. The van der Waals surface area contributed by atoms with Crippen molar-refractivity contribution in [1.29, 1.82) is 0 Å². The fourth-order valence-electron chi connectivity index (χ4n) is 3.13. The van der Waals surface area contributed by atoms with Crippen LogP contribution in [0.15, 0.2) is 54.6 Å². The third-order valence-electron chi connectivity index (χ3n) is 4.60. The second-order valence-corrected chi connectivity index (χ2v) is 6.87. The van der Waals surface area contributed by atoms with Crippen LogP contribution in [0.1, 0.15) is 27.4 Å². The van der Waals surface area contributed by atoms with Gasteiger partial charge in [-0.3, -0.25) is 4.79 Å². The van der Waals surface area contributed by atoms with Crippen molar-refractivity contribution in [3.05, 3.63) is 77.2 Å². The van der Waals surface area contributed by atoms with Crippen molar-refractivity contribution < 1.29 is 14.3 Å². The average molecular weight is 390 g/mol. The van der Waals surface area contributed by atoms with Gasteiger partial charge in [0.2, 0.25) is 6.79 Å². The molecule has 0 atom stereocenters. The number of fused-ring (bicyclic) bond motifs is 1. The number of benzene rings is 2. The molecular formula is C22H22N4O3. The number of anilines is 1. The fourth-order valence-corrected chi connectivity index (χ4v) is 3.13. The van der Waals surface area contributed by atoms with Gasteiger partial charge in [0.25, 0.3) is 5.91 Å². The van der Waals surface area contributed by atoms with Crippen LogP contribution in [-0.4, -0.2) is 29.7 Å². The van der Waals surface area contributed by atoms with Gasteiger partial charge in [-0.2, -0.15) is 0 Å². The van der Waals surface area contributed by atoms with E-state index in [9.17, 15) is 4.79 Å². The number of aromatic nitrogens is 2. The van der Waals surface area contributed by atoms with Gasteiger partial charge < -0.3 is 19.7 Å². The van der Waals surface area contributed by atoms with E-state index in [1.165, 1.54) is 5.56 Å². The van der Waals surface area contributed by atoms with E-state index in [0.717, 1.165) is 11.3 Å². The summed E-state index contributed by atoms with van der Waals surface area (Å²) in [5, 5.41) is 2.91. The number of carbonyl (C=O) groups excluding carboxylic acids is 1. The van der Waals surface area contributed by atoms with Gasteiger partial charge in [-0.15, -0.1) is 0 Å². The normalized spacial score (nSPS) is 11.9. The maximum absolute atomic E-state index is 12.7. The first kappa shape index (κ1) is 18.7. The van der Waals surface area contributed by atoms with Gasteiger partial charge in [0.05, 0.1) is 0 Å². The topological polar surface area (TPSA) is 76.6 Å². The molecule has 1 aliphatic rings. The van der Waals surface area contributed by atoms with Crippen LogP contribution in [-0.2, 0) is 13.1 Å². The Labute approximate surface area is 169 Å². The van der Waals surface area contributed by atoms with E-state index in [1.807, 2.05) is 48.3 Å². The van der Waals surface area contributed by atoms with E-state index < -0.39 is 0 Å². The Balaban J connectivity index is 1.44. The largest absolute Gasteiger partial charge is 0.454 e. The summed E-state index contributed by atoms with van der Waals surface area (Å²) < 4.78 is 10.7. The molecule has 2 heterocycles. The van der Waals surface area contributed by atoms with Crippen molar-refractivity contribution in [3.63, 3.8) is 0 Å². The van der Waals surface area contributed by atoms with Gasteiger partial charge in [-0.05, 0) is 30.2 Å². The van der Waals surface area contributed by atoms with Crippen molar-refractivity contribution >= 4 is 11.7 Å². The predicted molar refractivity (Wildman–Crippen MR) is 109 cm³/mol. The summed E-state index contributed by atoms with van der Waals surface area (Å²) in [6.45, 7) is 3.07. The van der Waals surface area contributed by atoms with E-state index in [-0.39, 0.29) is 12.7 Å². The van der Waals surface area contributed by atoms with Crippen molar-refractivity contribution in [1.82, 2.24) is 15.3 Å². The molecule has 0 saturated carbocycles. The second kappa shape index (κ2) is 8.18. The molecule has 0 spiro atoms. The third kappa shape index (κ3) is 4.45. The molecular weight excluding hydrogens is 368 g/mol. The Morgan fingerprint density at radius 2 is 1.83 bits per heavy atom. The molecule has 2 aromatic carbocycles. The van der Waals surface area contributed by atoms with Crippen LogP contribution in [0.25, 0.3) is 0 Å². The minimum Gasteiger partial charge on any atom is -0.454 e. The maximum atomic E-state index is 12.7. The number of ether oxygens (including phenoxy) is 2. The van der Waals surface area contributed by atoms with Crippen molar-refractivity contribution in [2.75, 3.05) is 18.7 Å². The summed E-state index contributed by atoms with van der Waals surface area (Å²) in [7, 11) is 1.95. The molecule has 0 radical (unpaired) electrons. The van der Waals surface area contributed by atoms with E-state index >= 15 is 0 Å². The van der Waals surface area contributed by atoms with Crippen molar-refractivity contribution in [2.45, 2.75) is 20.0 Å². The average Bonchev–Trinajstić information content (AvgIpc) is 3.20. The highest BCUT2D eigenvalue weighted by Gasteiger charge is 2.15. The van der Waals surface area contributed by atoms with Crippen LogP contribution in [0.3, 0.4) is 0 Å². The lowest BCUT2D eigenvalue weighted by Crippen LogP contribution is -2.25. The van der Waals surface area contributed by atoms with Gasteiger partial charge in [-0.25, -0.2) is 9.97 Å². The first-order valence-electron chi connectivity index (χ1n) is 9.36. The number of amides is 1. The molecule has 29 heavy (non-hydrogen) atoms. The van der Waals surface area contributed by atoms with Crippen molar-refractivity contribution in [3.8, 4) is 11.5 Å². The predicted octanol–water partition coefficient (Wildman–Crippen LogP) is 3.08. The lowest BCUT2D eigenvalue weighted by molar-refractivity contribution is 0.0945. The van der Waals surface area contributed by atoms with Crippen LogP contribution >= 0.6 is 0 Å². The molecule has 0 bridgehead atoms. The van der Waals surface area contributed by atoms with Crippen LogP contribution in [0.2, 0.25) is 0 Å². The number of nitrogens with one attached hydrogen (secondary N) is 1. The van der Waals surface area contributed by atoms with E-state index in [1.54, 1.807) is 13.0 Å². The van der Waals surface area contributed by atoms with Crippen LogP contribution in [0, 0.1) is 6.92 Å². The van der Waals surface area contributed by atoms with Gasteiger partial charge in [0.15, 0.2) is 11.5 Å². The Kier molecular flexibility index (Phi) is 5.29. The number of nitrogens with zero attached hydrogens (tertiary/aromatic N) is 3. The molecule has 148 valence electrons. The third-order valence-corrected chi connectivity index (χ3v) is 4.60. The molecule has 7 nitrogen and oxygen atoms in total. The Bertz CT molecular complexity index is 1020. The lowest BCUT2D eigenvalue weighted by Gasteiger charge is -2.19. The molecule has 0 saturated heterocycles. The fraction of sp³-hybridized carbons (Fsp3) is 0.227. The molecule has 1 amide bonds. The zero-order valence-electron chi connectivity index (χ0n) is 16.4. The first-order valence-corrected chi connectivity index (χ1v) is 9.36. The maximum Gasteiger partial charge on any atom is 0.270 e. The van der Waals surface area contributed by atoms with Gasteiger partial charge in [-0.1, -0.05) is 36.4 Å². The zero-order chi connectivity index (χ0) is 20.2.